The molecule has 0 saturated heterocycles. The van der Waals surface area contributed by atoms with Crippen LogP contribution in [0.3, 0.4) is 0 Å². The van der Waals surface area contributed by atoms with Gasteiger partial charge in [0.2, 0.25) is 0 Å². The summed E-state index contributed by atoms with van der Waals surface area (Å²) < 4.78 is 5.20. The summed E-state index contributed by atoms with van der Waals surface area (Å²) in [5, 5.41) is 10.4. The summed E-state index contributed by atoms with van der Waals surface area (Å²) in [6, 6.07) is 5.39. The number of non-ortho nitro benzene ring substituents is 1. The van der Waals surface area contributed by atoms with Crippen molar-refractivity contribution in [3.63, 3.8) is 0 Å². The number of hydrogen-bond acceptors (Lipinski definition) is 4. The summed E-state index contributed by atoms with van der Waals surface area (Å²) in [6.07, 6.45) is 5.37. The lowest BCUT2D eigenvalue weighted by molar-refractivity contribution is -0.384. The SMILES string of the molecule is O=C(OC1C=CCC1)c1ccc([N+](=O)[O-])cc1. The van der Waals surface area contributed by atoms with Crippen molar-refractivity contribution >= 4 is 11.7 Å². The minimum Gasteiger partial charge on any atom is -0.455 e. The number of allylic oxidation sites excluding steroid dienone is 1. The number of nitrogens with zero attached hydrogens (tertiary/aromatic N) is 1. The highest BCUT2D eigenvalue weighted by Gasteiger charge is 2.16. The van der Waals surface area contributed by atoms with Crippen LogP contribution in [0.15, 0.2) is 36.4 Å². The minimum atomic E-state index is -0.505. The van der Waals surface area contributed by atoms with Gasteiger partial charge < -0.3 is 4.74 Å². The van der Waals surface area contributed by atoms with Crippen molar-refractivity contribution in [2.75, 3.05) is 0 Å². The second kappa shape index (κ2) is 4.78. The van der Waals surface area contributed by atoms with Crippen molar-refractivity contribution in [3.8, 4) is 0 Å². The first-order chi connectivity index (χ1) is 8.16. The Labute approximate surface area is 97.9 Å². The Kier molecular flexibility index (Phi) is 3.18. The standard InChI is InChI=1S/C12H11NO4/c14-12(17-11-3-1-2-4-11)9-5-7-10(8-6-9)13(15)16/h1,3,5-8,11H,2,4H2. The molecule has 0 heterocycles. The van der Waals surface area contributed by atoms with Gasteiger partial charge in [0.15, 0.2) is 0 Å². The van der Waals surface area contributed by atoms with Gasteiger partial charge in [0.1, 0.15) is 6.10 Å². The molecule has 1 aromatic rings. The Morgan fingerprint density at radius 3 is 2.59 bits per heavy atom. The number of rotatable bonds is 3. The van der Waals surface area contributed by atoms with E-state index >= 15 is 0 Å². The molecule has 2 rings (SSSR count). The van der Waals surface area contributed by atoms with Gasteiger partial charge in [-0.15, -0.1) is 0 Å². The van der Waals surface area contributed by atoms with E-state index in [1.807, 2.05) is 12.2 Å². The van der Waals surface area contributed by atoms with Crippen LogP contribution in [0.5, 0.6) is 0 Å². The summed E-state index contributed by atoms with van der Waals surface area (Å²) in [7, 11) is 0. The van der Waals surface area contributed by atoms with Gasteiger partial charge in [-0.05, 0) is 31.1 Å². The van der Waals surface area contributed by atoms with Crippen LogP contribution in [-0.2, 0) is 4.74 Å². The van der Waals surface area contributed by atoms with E-state index in [9.17, 15) is 14.9 Å². The largest absolute Gasteiger partial charge is 0.455 e. The van der Waals surface area contributed by atoms with Gasteiger partial charge in [0.25, 0.3) is 5.69 Å². The average Bonchev–Trinajstić information content (AvgIpc) is 2.82. The fraction of sp³-hybridized carbons (Fsp3) is 0.250. The monoisotopic (exact) mass is 233 g/mol. The number of hydrogen-bond donors (Lipinski definition) is 0. The normalized spacial score (nSPS) is 18.0. The highest BCUT2D eigenvalue weighted by atomic mass is 16.6. The van der Waals surface area contributed by atoms with Crippen LogP contribution in [0.2, 0.25) is 0 Å². The van der Waals surface area contributed by atoms with Gasteiger partial charge >= 0.3 is 5.97 Å². The summed E-state index contributed by atoms with van der Waals surface area (Å²) in [5.74, 6) is -0.448. The first-order valence-electron chi connectivity index (χ1n) is 5.29. The molecule has 0 spiro atoms. The molecule has 0 fully saturated rings. The molecule has 1 aromatic carbocycles. The predicted octanol–water partition coefficient (Wildman–Crippen LogP) is 2.47. The van der Waals surface area contributed by atoms with Crippen molar-refractivity contribution in [2.24, 2.45) is 0 Å². The van der Waals surface area contributed by atoms with E-state index in [-0.39, 0.29) is 11.8 Å². The summed E-state index contributed by atoms with van der Waals surface area (Å²) in [6.45, 7) is 0. The number of carbonyl (C=O) groups is 1. The number of nitro benzene ring substituents is 1. The van der Waals surface area contributed by atoms with Crippen molar-refractivity contribution in [1.29, 1.82) is 0 Å². The molecule has 17 heavy (non-hydrogen) atoms. The van der Waals surface area contributed by atoms with Crippen LogP contribution in [0.1, 0.15) is 23.2 Å². The van der Waals surface area contributed by atoms with Crippen molar-refractivity contribution in [2.45, 2.75) is 18.9 Å². The van der Waals surface area contributed by atoms with E-state index in [1.54, 1.807) is 0 Å². The van der Waals surface area contributed by atoms with Gasteiger partial charge in [-0.2, -0.15) is 0 Å². The van der Waals surface area contributed by atoms with Crippen molar-refractivity contribution in [3.05, 3.63) is 52.1 Å². The van der Waals surface area contributed by atoms with Crippen molar-refractivity contribution < 1.29 is 14.5 Å². The summed E-state index contributed by atoms with van der Waals surface area (Å²) >= 11 is 0. The maximum atomic E-state index is 11.7. The first kappa shape index (κ1) is 11.3. The van der Waals surface area contributed by atoms with Crippen LogP contribution in [0.25, 0.3) is 0 Å². The predicted molar refractivity (Wildman–Crippen MR) is 60.7 cm³/mol. The van der Waals surface area contributed by atoms with Crippen LogP contribution in [0, 0.1) is 10.1 Å². The van der Waals surface area contributed by atoms with E-state index in [4.69, 9.17) is 4.74 Å². The van der Waals surface area contributed by atoms with Crippen LogP contribution in [0.4, 0.5) is 5.69 Å². The molecule has 1 atom stereocenters. The molecule has 0 aliphatic heterocycles. The molecule has 88 valence electrons. The molecule has 0 N–H and O–H groups in total. The lowest BCUT2D eigenvalue weighted by Gasteiger charge is -2.09. The van der Waals surface area contributed by atoms with Gasteiger partial charge in [-0.25, -0.2) is 4.79 Å². The Bertz CT molecular complexity index is 464. The average molecular weight is 233 g/mol. The third-order valence-electron chi connectivity index (χ3n) is 2.54. The van der Waals surface area contributed by atoms with Crippen LogP contribution >= 0.6 is 0 Å². The maximum Gasteiger partial charge on any atom is 0.338 e. The lowest BCUT2D eigenvalue weighted by Crippen LogP contribution is -2.13. The van der Waals surface area contributed by atoms with E-state index < -0.39 is 10.9 Å². The number of nitro groups is 1. The first-order valence-corrected chi connectivity index (χ1v) is 5.29. The number of carbonyl (C=O) groups excluding carboxylic acids is 1. The molecule has 5 heteroatoms. The maximum absolute atomic E-state index is 11.7. The molecule has 0 saturated carbocycles. The van der Waals surface area contributed by atoms with E-state index in [1.165, 1.54) is 24.3 Å². The summed E-state index contributed by atoms with van der Waals surface area (Å²) in [5.41, 5.74) is 0.290. The number of ether oxygens (including phenoxy) is 1. The van der Waals surface area contributed by atoms with Crippen LogP contribution in [-0.4, -0.2) is 17.0 Å². The molecule has 0 amide bonds. The fourth-order valence-corrected chi connectivity index (χ4v) is 1.63. The zero-order valence-corrected chi connectivity index (χ0v) is 9.04. The molecule has 1 unspecified atom stereocenters. The molecular weight excluding hydrogens is 222 g/mol. The zero-order valence-electron chi connectivity index (χ0n) is 9.04. The fourth-order valence-electron chi connectivity index (χ4n) is 1.63. The highest BCUT2D eigenvalue weighted by Crippen LogP contribution is 2.17. The molecule has 0 bridgehead atoms. The molecule has 5 nitrogen and oxygen atoms in total. The van der Waals surface area contributed by atoms with Gasteiger partial charge in [-0.3, -0.25) is 10.1 Å². The second-order valence-electron chi connectivity index (χ2n) is 3.75. The molecule has 1 aliphatic rings. The Hall–Kier alpha value is -2.17. The number of benzene rings is 1. The van der Waals surface area contributed by atoms with Gasteiger partial charge in [0, 0.05) is 12.1 Å². The van der Waals surface area contributed by atoms with Crippen molar-refractivity contribution in [1.82, 2.24) is 0 Å². The molecule has 1 aliphatic carbocycles. The quantitative estimate of drug-likeness (QED) is 0.348. The van der Waals surface area contributed by atoms with E-state index in [2.05, 4.69) is 0 Å². The third-order valence-corrected chi connectivity index (χ3v) is 2.54. The molecule has 0 aromatic heterocycles. The van der Waals surface area contributed by atoms with Gasteiger partial charge in [0.05, 0.1) is 10.5 Å². The van der Waals surface area contributed by atoms with E-state index in [0.29, 0.717) is 5.56 Å². The topological polar surface area (TPSA) is 69.4 Å². The number of esters is 1. The van der Waals surface area contributed by atoms with Crippen LogP contribution < -0.4 is 0 Å². The second-order valence-corrected chi connectivity index (χ2v) is 3.75. The van der Waals surface area contributed by atoms with Gasteiger partial charge in [-0.1, -0.05) is 6.08 Å². The smallest absolute Gasteiger partial charge is 0.338 e. The Balaban J connectivity index is 2.03. The summed E-state index contributed by atoms with van der Waals surface area (Å²) in [4.78, 5) is 21.6. The highest BCUT2D eigenvalue weighted by molar-refractivity contribution is 5.89. The lowest BCUT2D eigenvalue weighted by atomic mass is 10.2. The Morgan fingerprint density at radius 1 is 1.35 bits per heavy atom. The Morgan fingerprint density at radius 2 is 2.06 bits per heavy atom. The zero-order chi connectivity index (χ0) is 12.3. The molecule has 0 radical (unpaired) electrons. The third kappa shape index (κ3) is 2.69. The van der Waals surface area contributed by atoms with E-state index in [0.717, 1.165) is 12.8 Å². The minimum absolute atomic E-state index is 0.0395. The molecular formula is C12H11NO4.